The first-order chi connectivity index (χ1) is 14.1. The van der Waals surface area contributed by atoms with E-state index >= 15 is 0 Å². The summed E-state index contributed by atoms with van der Waals surface area (Å²) in [7, 11) is 0. The van der Waals surface area contributed by atoms with Crippen molar-refractivity contribution < 1.29 is 19.5 Å². The van der Waals surface area contributed by atoms with Gasteiger partial charge in [-0.2, -0.15) is 0 Å². The third kappa shape index (κ3) is 6.21. The Morgan fingerprint density at radius 3 is 2.34 bits per heavy atom. The molecule has 0 unspecified atom stereocenters. The molecule has 0 bridgehead atoms. The number of rotatable bonds is 9. The fraction of sp³-hybridized carbons (Fsp3) is 0.167. The Labute approximate surface area is 170 Å². The van der Waals surface area contributed by atoms with Crippen molar-refractivity contribution in [1.29, 1.82) is 0 Å². The topological polar surface area (TPSA) is 68.1 Å². The zero-order valence-electron chi connectivity index (χ0n) is 16.2. The number of hydrogen-bond donors (Lipinski definition) is 1. The molecule has 1 N–H and O–H groups in total. The van der Waals surface area contributed by atoms with Crippen LogP contribution in [0, 0.1) is 0 Å². The molecule has 0 atom stereocenters. The van der Waals surface area contributed by atoms with Gasteiger partial charge in [0.25, 0.3) is 0 Å². The number of ether oxygens (including phenoxy) is 1. The lowest BCUT2D eigenvalue weighted by Gasteiger charge is -2.07. The second kappa shape index (κ2) is 10.1. The van der Waals surface area contributed by atoms with Gasteiger partial charge in [-0.15, -0.1) is 0 Å². The molecule has 0 heterocycles. The molecular weight excluding hydrogens is 366 g/mol. The lowest BCUT2D eigenvalue weighted by atomic mass is 10.0. The lowest BCUT2D eigenvalue weighted by molar-refractivity contribution is -0.136. The second-order valence-electron chi connectivity index (χ2n) is 6.52. The smallest absolute Gasteiger partial charge is 0.307 e. The molecule has 3 aromatic carbocycles. The summed E-state index contributed by atoms with van der Waals surface area (Å²) in [5.74, 6) is -0.253. The largest absolute Gasteiger partial charge is 0.490 e. The molecule has 0 aromatic heterocycles. The molecule has 0 amide bonds. The Morgan fingerprint density at radius 2 is 1.62 bits per heavy atom. The molecule has 148 valence electrons. The van der Waals surface area contributed by atoms with Crippen molar-refractivity contribution in [1.82, 2.24) is 0 Å². The third-order valence-electron chi connectivity index (χ3n) is 4.31. The van der Waals surface area contributed by atoms with Crippen LogP contribution in [0.1, 0.15) is 18.1 Å². The maximum Gasteiger partial charge on any atom is 0.307 e. The molecule has 3 rings (SSSR count). The van der Waals surface area contributed by atoms with E-state index in [1.807, 2.05) is 37.3 Å². The number of oxime groups is 1. The summed E-state index contributed by atoms with van der Waals surface area (Å²) in [6.07, 6.45) is -0.0275. The number of hydrogen-bond acceptors (Lipinski definition) is 4. The molecule has 3 aromatic rings. The molecule has 0 aliphatic rings. The summed E-state index contributed by atoms with van der Waals surface area (Å²) in [4.78, 5) is 16.1. The summed E-state index contributed by atoms with van der Waals surface area (Å²) in [6, 6.07) is 25.4. The van der Waals surface area contributed by atoms with Gasteiger partial charge >= 0.3 is 5.97 Å². The minimum atomic E-state index is -0.868. The van der Waals surface area contributed by atoms with E-state index in [0.717, 1.165) is 16.8 Å². The van der Waals surface area contributed by atoms with Crippen LogP contribution in [0.3, 0.4) is 0 Å². The number of carboxylic acids is 1. The summed E-state index contributed by atoms with van der Waals surface area (Å²) >= 11 is 0. The van der Waals surface area contributed by atoms with Gasteiger partial charge in [0, 0.05) is 0 Å². The molecule has 5 nitrogen and oxygen atoms in total. The van der Waals surface area contributed by atoms with Crippen LogP contribution in [-0.4, -0.2) is 30.0 Å². The minimum Gasteiger partial charge on any atom is -0.490 e. The highest BCUT2D eigenvalue weighted by Gasteiger charge is 2.03. The van der Waals surface area contributed by atoms with E-state index in [-0.39, 0.29) is 6.42 Å². The van der Waals surface area contributed by atoms with Gasteiger partial charge in [0.05, 0.1) is 12.1 Å². The third-order valence-corrected chi connectivity index (χ3v) is 4.31. The number of benzene rings is 3. The van der Waals surface area contributed by atoms with Crippen molar-refractivity contribution in [2.75, 3.05) is 13.2 Å². The predicted molar refractivity (Wildman–Crippen MR) is 113 cm³/mol. The molecule has 0 spiro atoms. The van der Waals surface area contributed by atoms with Gasteiger partial charge in [0.1, 0.15) is 12.4 Å². The Bertz CT molecular complexity index is 966. The normalized spacial score (nSPS) is 11.1. The number of carbonyl (C=O) groups is 1. The van der Waals surface area contributed by atoms with E-state index in [4.69, 9.17) is 14.7 Å². The van der Waals surface area contributed by atoms with E-state index in [0.29, 0.717) is 24.5 Å². The minimum absolute atomic E-state index is 0.0275. The quantitative estimate of drug-likeness (QED) is 0.324. The lowest BCUT2D eigenvalue weighted by Crippen LogP contribution is -2.06. The monoisotopic (exact) mass is 389 g/mol. The highest BCUT2D eigenvalue weighted by Crippen LogP contribution is 2.19. The Morgan fingerprint density at radius 1 is 0.897 bits per heavy atom. The van der Waals surface area contributed by atoms with Crippen molar-refractivity contribution in [2.24, 2.45) is 5.16 Å². The molecular formula is C24H23NO4. The molecule has 5 heteroatoms. The van der Waals surface area contributed by atoms with Crippen molar-refractivity contribution in [3.05, 3.63) is 90.0 Å². The Balaban J connectivity index is 1.47. The van der Waals surface area contributed by atoms with Gasteiger partial charge < -0.3 is 14.7 Å². The maximum atomic E-state index is 10.8. The van der Waals surface area contributed by atoms with Crippen LogP contribution in [0.5, 0.6) is 5.75 Å². The van der Waals surface area contributed by atoms with Gasteiger partial charge in [-0.05, 0) is 41.3 Å². The van der Waals surface area contributed by atoms with Gasteiger partial charge in [-0.3, -0.25) is 4.79 Å². The number of carboxylic acid groups (broad SMARTS) is 1. The van der Waals surface area contributed by atoms with Crippen LogP contribution in [0.15, 0.2) is 84.0 Å². The first-order valence-corrected chi connectivity index (χ1v) is 9.38. The van der Waals surface area contributed by atoms with Gasteiger partial charge in [-0.1, -0.05) is 71.9 Å². The fourth-order valence-corrected chi connectivity index (χ4v) is 2.85. The summed E-state index contributed by atoms with van der Waals surface area (Å²) in [6.45, 7) is 2.51. The van der Waals surface area contributed by atoms with Crippen molar-refractivity contribution in [2.45, 2.75) is 13.3 Å². The number of aliphatic carboxylic acids is 1. The summed E-state index contributed by atoms with van der Waals surface area (Å²) in [5.41, 5.74) is 4.81. The van der Waals surface area contributed by atoms with Crippen LogP contribution in [0.2, 0.25) is 0 Å². The second-order valence-corrected chi connectivity index (χ2v) is 6.52. The van der Waals surface area contributed by atoms with Crippen LogP contribution in [-0.2, 0) is 16.1 Å². The Hall–Kier alpha value is -3.60. The molecule has 0 saturated heterocycles. The van der Waals surface area contributed by atoms with Crippen LogP contribution >= 0.6 is 0 Å². The average Bonchev–Trinajstić information content (AvgIpc) is 2.74. The van der Waals surface area contributed by atoms with Crippen LogP contribution < -0.4 is 4.74 Å². The van der Waals surface area contributed by atoms with Crippen molar-refractivity contribution in [3.8, 4) is 16.9 Å². The molecule has 0 aliphatic heterocycles. The Kier molecular flexibility index (Phi) is 7.00. The first-order valence-electron chi connectivity index (χ1n) is 9.38. The SMILES string of the molecule is CC(=NOCCOc1cccc(CC(=O)O)c1)c1ccc(-c2ccccc2)cc1. The van der Waals surface area contributed by atoms with Crippen molar-refractivity contribution >= 4 is 11.7 Å². The first kappa shape index (κ1) is 20.1. The fourth-order valence-electron chi connectivity index (χ4n) is 2.85. The average molecular weight is 389 g/mol. The van der Waals surface area contributed by atoms with Gasteiger partial charge in [0.2, 0.25) is 0 Å². The van der Waals surface area contributed by atoms with Crippen LogP contribution in [0.4, 0.5) is 0 Å². The van der Waals surface area contributed by atoms with E-state index in [1.165, 1.54) is 5.56 Å². The van der Waals surface area contributed by atoms with Gasteiger partial charge in [-0.25, -0.2) is 0 Å². The van der Waals surface area contributed by atoms with Gasteiger partial charge in [0.15, 0.2) is 6.61 Å². The standard InChI is InChI=1S/C24H23NO4/c1-18(20-10-12-22(13-11-20)21-7-3-2-4-8-21)25-29-15-14-28-23-9-5-6-19(16-23)17-24(26)27/h2-13,16H,14-15,17H2,1H3,(H,26,27). The summed E-state index contributed by atoms with van der Waals surface area (Å²) < 4.78 is 5.59. The van der Waals surface area contributed by atoms with Crippen molar-refractivity contribution in [3.63, 3.8) is 0 Å². The zero-order chi connectivity index (χ0) is 20.5. The predicted octanol–water partition coefficient (Wildman–Crippen LogP) is 4.80. The van der Waals surface area contributed by atoms with E-state index in [9.17, 15) is 4.79 Å². The van der Waals surface area contributed by atoms with E-state index in [2.05, 4.69) is 29.4 Å². The summed E-state index contributed by atoms with van der Waals surface area (Å²) in [5, 5.41) is 13.0. The maximum absolute atomic E-state index is 10.8. The van der Waals surface area contributed by atoms with E-state index in [1.54, 1.807) is 24.3 Å². The molecule has 0 radical (unpaired) electrons. The number of nitrogens with zero attached hydrogens (tertiary/aromatic N) is 1. The van der Waals surface area contributed by atoms with Crippen LogP contribution in [0.25, 0.3) is 11.1 Å². The molecule has 0 aliphatic carbocycles. The molecule has 0 fully saturated rings. The highest BCUT2D eigenvalue weighted by molar-refractivity contribution is 5.98. The molecule has 0 saturated carbocycles. The van der Waals surface area contributed by atoms with E-state index < -0.39 is 5.97 Å². The molecule has 29 heavy (non-hydrogen) atoms. The highest BCUT2D eigenvalue weighted by atomic mass is 16.6. The zero-order valence-corrected chi connectivity index (χ0v) is 16.2.